The lowest BCUT2D eigenvalue weighted by Gasteiger charge is -2.31. The van der Waals surface area contributed by atoms with Crippen LogP contribution in [0, 0.1) is 0 Å². The summed E-state index contributed by atoms with van der Waals surface area (Å²) in [5, 5.41) is 9.67. The Balaban J connectivity index is 1.64. The maximum absolute atomic E-state index is 9.67. The predicted molar refractivity (Wildman–Crippen MR) is 117 cm³/mol. The van der Waals surface area contributed by atoms with E-state index in [1.165, 1.54) is 19.3 Å². The molecule has 4 rings (SSSR count). The average molecular weight is 414 g/mol. The zero-order chi connectivity index (χ0) is 20.8. The number of piperidine rings is 1. The van der Waals surface area contributed by atoms with Crippen LogP contribution in [0.15, 0.2) is 30.3 Å². The molecule has 2 aromatic rings. The average Bonchev–Trinajstić information content (AvgIpc) is 2.83. The Bertz CT molecular complexity index is 786. The van der Waals surface area contributed by atoms with Gasteiger partial charge in [-0.2, -0.15) is 0 Å². The van der Waals surface area contributed by atoms with E-state index in [0.717, 1.165) is 43.4 Å². The molecule has 0 radical (unpaired) electrons. The molecule has 0 aliphatic carbocycles. The molecule has 3 heterocycles. The number of benzene rings is 1. The number of nitrogens with zero attached hydrogens (tertiary/aromatic N) is 4. The fourth-order valence-electron chi connectivity index (χ4n) is 3.78. The number of rotatable bonds is 7. The molecule has 3 N–H and O–H groups in total. The second-order valence-corrected chi connectivity index (χ2v) is 7.78. The zero-order valence-corrected chi connectivity index (χ0v) is 17.4. The monoisotopic (exact) mass is 413 g/mol. The third-order valence-electron chi connectivity index (χ3n) is 5.52. The Morgan fingerprint density at radius 2 is 1.70 bits per heavy atom. The first-order chi connectivity index (χ1) is 14.7. The van der Waals surface area contributed by atoms with E-state index in [0.29, 0.717) is 24.8 Å². The van der Waals surface area contributed by atoms with Crippen molar-refractivity contribution in [3.63, 3.8) is 0 Å². The van der Waals surface area contributed by atoms with E-state index in [4.69, 9.17) is 25.2 Å². The molecular formula is C22H31N5O3. The minimum Gasteiger partial charge on any atom is -0.491 e. The van der Waals surface area contributed by atoms with E-state index in [2.05, 4.69) is 15.9 Å². The van der Waals surface area contributed by atoms with E-state index >= 15 is 0 Å². The minimum absolute atomic E-state index is 0.160. The van der Waals surface area contributed by atoms with Crippen molar-refractivity contribution in [2.75, 3.05) is 62.3 Å². The van der Waals surface area contributed by atoms with Crippen LogP contribution >= 0.6 is 0 Å². The summed E-state index contributed by atoms with van der Waals surface area (Å²) in [5.41, 5.74) is 6.36. The largest absolute Gasteiger partial charge is 0.491 e. The summed E-state index contributed by atoms with van der Waals surface area (Å²) < 4.78 is 11.2. The Morgan fingerprint density at radius 3 is 2.40 bits per heavy atom. The number of morpholine rings is 1. The third kappa shape index (κ3) is 5.19. The van der Waals surface area contributed by atoms with Crippen LogP contribution in [-0.2, 0) is 4.74 Å². The van der Waals surface area contributed by atoms with Crippen LogP contribution in [0.2, 0.25) is 0 Å². The van der Waals surface area contributed by atoms with Crippen LogP contribution in [0.1, 0.15) is 19.3 Å². The number of aliphatic hydroxyl groups is 1. The van der Waals surface area contributed by atoms with Gasteiger partial charge in [0.25, 0.3) is 0 Å². The second kappa shape index (κ2) is 10.1. The van der Waals surface area contributed by atoms with Gasteiger partial charge in [-0.3, -0.25) is 0 Å². The molecule has 2 aliphatic rings. The molecule has 2 fully saturated rings. The first-order valence-corrected chi connectivity index (χ1v) is 10.8. The second-order valence-electron chi connectivity index (χ2n) is 7.78. The van der Waals surface area contributed by atoms with Crippen LogP contribution in [-0.4, -0.2) is 73.7 Å². The number of aliphatic hydroxyl groups excluding tert-OH is 1. The van der Waals surface area contributed by atoms with Crippen molar-refractivity contribution in [1.82, 2.24) is 9.97 Å². The van der Waals surface area contributed by atoms with Gasteiger partial charge >= 0.3 is 0 Å². The zero-order valence-electron chi connectivity index (χ0n) is 17.4. The summed E-state index contributed by atoms with van der Waals surface area (Å²) in [6.07, 6.45) is 2.98. The summed E-state index contributed by atoms with van der Waals surface area (Å²) in [5.74, 6) is 3.27. The van der Waals surface area contributed by atoms with Gasteiger partial charge in [-0.05, 0) is 31.4 Å². The summed E-state index contributed by atoms with van der Waals surface area (Å²) in [6, 6.07) is 9.80. The molecular weight excluding hydrogens is 382 g/mol. The van der Waals surface area contributed by atoms with Crippen molar-refractivity contribution in [3.05, 3.63) is 30.3 Å². The van der Waals surface area contributed by atoms with E-state index in [9.17, 15) is 5.11 Å². The van der Waals surface area contributed by atoms with Gasteiger partial charge in [0.1, 0.15) is 30.1 Å². The number of ether oxygens (including phenoxy) is 2. The molecule has 1 atom stereocenters. The van der Waals surface area contributed by atoms with Gasteiger partial charge in [0.15, 0.2) is 5.82 Å². The molecule has 0 spiro atoms. The van der Waals surface area contributed by atoms with Gasteiger partial charge in [0.2, 0.25) is 0 Å². The number of anilines is 2. The number of nitrogens with two attached hydrogens (primary N) is 1. The fraction of sp³-hybridized carbons (Fsp3) is 0.545. The smallest absolute Gasteiger partial charge is 0.163 e. The molecule has 162 valence electrons. The molecule has 1 aromatic heterocycles. The molecule has 1 aromatic carbocycles. The van der Waals surface area contributed by atoms with Gasteiger partial charge in [-0.1, -0.05) is 12.1 Å². The van der Waals surface area contributed by atoms with E-state index in [1.807, 2.05) is 24.3 Å². The van der Waals surface area contributed by atoms with Crippen LogP contribution in [0.25, 0.3) is 11.4 Å². The van der Waals surface area contributed by atoms with Gasteiger partial charge in [0.05, 0.1) is 13.2 Å². The normalized spacial score (nSPS) is 18.3. The molecule has 2 saturated heterocycles. The van der Waals surface area contributed by atoms with Crippen molar-refractivity contribution in [3.8, 4) is 17.1 Å². The van der Waals surface area contributed by atoms with Crippen molar-refractivity contribution >= 4 is 11.6 Å². The summed E-state index contributed by atoms with van der Waals surface area (Å²) in [6.45, 7) is 5.47. The molecule has 1 unspecified atom stereocenters. The van der Waals surface area contributed by atoms with Crippen LogP contribution in [0.4, 0.5) is 11.6 Å². The maximum atomic E-state index is 9.67. The highest BCUT2D eigenvalue weighted by atomic mass is 16.5. The quantitative estimate of drug-likeness (QED) is 0.708. The van der Waals surface area contributed by atoms with Gasteiger partial charge in [0, 0.05) is 44.4 Å². The molecule has 0 amide bonds. The van der Waals surface area contributed by atoms with E-state index < -0.39 is 6.10 Å². The van der Waals surface area contributed by atoms with E-state index in [1.54, 1.807) is 0 Å². The first-order valence-electron chi connectivity index (χ1n) is 10.8. The number of hydrogen-bond acceptors (Lipinski definition) is 8. The Morgan fingerprint density at radius 1 is 1.00 bits per heavy atom. The summed E-state index contributed by atoms with van der Waals surface area (Å²) in [7, 11) is 0. The highest BCUT2D eigenvalue weighted by Crippen LogP contribution is 2.28. The Kier molecular flexibility index (Phi) is 6.99. The minimum atomic E-state index is -0.680. The first kappa shape index (κ1) is 20.8. The number of aromatic nitrogens is 2. The molecule has 0 bridgehead atoms. The van der Waals surface area contributed by atoms with Crippen molar-refractivity contribution in [2.45, 2.75) is 25.4 Å². The van der Waals surface area contributed by atoms with Crippen molar-refractivity contribution < 1.29 is 14.6 Å². The molecule has 2 aliphatic heterocycles. The van der Waals surface area contributed by atoms with Crippen LogP contribution in [0.5, 0.6) is 5.75 Å². The Labute approximate surface area is 177 Å². The van der Waals surface area contributed by atoms with E-state index in [-0.39, 0.29) is 13.2 Å². The third-order valence-corrected chi connectivity index (χ3v) is 5.52. The van der Waals surface area contributed by atoms with Gasteiger partial charge < -0.3 is 30.1 Å². The fourth-order valence-corrected chi connectivity index (χ4v) is 3.78. The lowest BCUT2D eigenvalue weighted by molar-refractivity contribution is 0.114. The topological polar surface area (TPSA) is 97.0 Å². The predicted octanol–water partition coefficient (Wildman–Crippen LogP) is 1.67. The summed E-state index contributed by atoms with van der Waals surface area (Å²) in [4.78, 5) is 14.4. The highest BCUT2D eigenvalue weighted by Gasteiger charge is 2.19. The molecule has 8 heteroatoms. The van der Waals surface area contributed by atoms with Crippen LogP contribution < -0.4 is 20.3 Å². The van der Waals surface area contributed by atoms with Crippen molar-refractivity contribution in [1.29, 1.82) is 0 Å². The standard InChI is InChI=1S/C22H31N5O3/c23-15-18(28)16-30-19-6-4-5-17(13-19)22-24-20(26-7-2-1-3-8-26)14-21(25-22)27-9-11-29-12-10-27/h4-6,13-14,18,28H,1-3,7-12,15-16,23H2. The Hall–Kier alpha value is -2.42. The highest BCUT2D eigenvalue weighted by molar-refractivity contribution is 5.64. The van der Waals surface area contributed by atoms with Gasteiger partial charge in [-0.25, -0.2) is 9.97 Å². The molecule has 30 heavy (non-hydrogen) atoms. The maximum Gasteiger partial charge on any atom is 0.163 e. The lowest BCUT2D eigenvalue weighted by atomic mass is 10.1. The van der Waals surface area contributed by atoms with Crippen LogP contribution in [0.3, 0.4) is 0 Å². The molecule has 0 saturated carbocycles. The van der Waals surface area contributed by atoms with Gasteiger partial charge in [-0.15, -0.1) is 0 Å². The SMILES string of the molecule is NCC(O)COc1cccc(-c2nc(N3CCCCC3)cc(N3CCOCC3)n2)c1. The lowest BCUT2D eigenvalue weighted by Crippen LogP contribution is -2.37. The molecule has 8 nitrogen and oxygen atoms in total. The summed E-state index contributed by atoms with van der Waals surface area (Å²) >= 11 is 0. The number of hydrogen-bond donors (Lipinski definition) is 2. The van der Waals surface area contributed by atoms with Crippen molar-refractivity contribution in [2.24, 2.45) is 5.73 Å².